The summed E-state index contributed by atoms with van der Waals surface area (Å²) in [6.07, 6.45) is 56.5. The number of aliphatic hydroxyl groups excluding tert-OH is 7. The van der Waals surface area contributed by atoms with Crippen molar-refractivity contribution < 1.29 is 50.0 Å². The van der Waals surface area contributed by atoms with Crippen LogP contribution in [0.15, 0.2) is 36.5 Å². The minimum Gasteiger partial charge on any atom is -0.394 e. The van der Waals surface area contributed by atoms with Crippen molar-refractivity contribution in [3.05, 3.63) is 36.5 Å². The number of amides is 1. The highest BCUT2D eigenvalue weighted by Gasteiger charge is 2.44. The monoisotopic (exact) mass is 1080 g/mol. The molecule has 1 amide bonds. The Morgan fingerprint density at radius 1 is 0.474 bits per heavy atom. The van der Waals surface area contributed by atoms with Gasteiger partial charge in [0.2, 0.25) is 5.91 Å². The Kier molecular flexibility index (Phi) is 51.3. The van der Waals surface area contributed by atoms with E-state index in [0.717, 1.165) is 51.4 Å². The molecule has 1 aliphatic rings. The van der Waals surface area contributed by atoms with Crippen LogP contribution in [0.25, 0.3) is 0 Å². The fourth-order valence-electron chi connectivity index (χ4n) is 10.5. The van der Waals surface area contributed by atoms with E-state index < -0.39 is 74.2 Å². The molecular weight excluding hydrogens is 955 g/mol. The molecule has 0 aromatic carbocycles. The molecule has 448 valence electrons. The van der Waals surface area contributed by atoms with Gasteiger partial charge in [0.25, 0.3) is 0 Å². The summed E-state index contributed by atoms with van der Waals surface area (Å²) < 4.78 is 11.2. The Balaban J connectivity index is 2.24. The van der Waals surface area contributed by atoms with Crippen LogP contribution in [0.2, 0.25) is 0 Å². The SMILES string of the molecule is CC/C=C\C/C=C\CCCCCCCCCCCCCCCC(O)C(=O)NC(COC1OC(CO)C(O)C(O)C1O)C(O)C(O)CCC/C=C/CCCCCCCCCCCCCCCCCCCCCCCCCC. The highest BCUT2D eigenvalue weighted by Crippen LogP contribution is 2.24. The molecule has 1 fully saturated rings. The number of hydrogen-bond acceptors (Lipinski definition) is 10. The summed E-state index contributed by atoms with van der Waals surface area (Å²) in [5.41, 5.74) is 0. The summed E-state index contributed by atoms with van der Waals surface area (Å²) in [5.74, 6) is -0.704. The van der Waals surface area contributed by atoms with Gasteiger partial charge in [-0.2, -0.15) is 0 Å². The molecule has 1 rings (SSSR count). The lowest BCUT2D eigenvalue weighted by atomic mass is 9.98. The summed E-state index contributed by atoms with van der Waals surface area (Å²) in [5, 5.41) is 76.3. The zero-order valence-electron chi connectivity index (χ0n) is 49.2. The summed E-state index contributed by atoms with van der Waals surface area (Å²) in [6, 6.07) is -1.19. The number of carbonyl (C=O) groups is 1. The van der Waals surface area contributed by atoms with Crippen molar-refractivity contribution in [2.75, 3.05) is 13.2 Å². The fourth-order valence-corrected chi connectivity index (χ4v) is 10.5. The van der Waals surface area contributed by atoms with Crippen LogP contribution in [-0.2, 0) is 14.3 Å². The first-order chi connectivity index (χ1) is 37.2. The largest absolute Gasteiger partial charge is 0.394 e. The zero-order chi connectivity index (χ0) is 55.4. The Hall–Kier alpha value is -1.67. The highest BCUT2D eigenvalue weighted by molar-refractivity contribution is 5.80. The van der Waals surface area contributed by atoms with E-state index in [4.69, 9.17) is 9.47 Å². The fraction of sp³-hybridized carbons (Fsp3) is 0.892. The highest BCUT2D eigenvalue weighted by atomic mass is 16.7. The molecule has 0 aromatic heterocycles. The number of nitrogens with one attached hydrogen (secondary N) is 1. The topological polar surface area (TPSA) is 189 Å². The van der Waals surface area contributed by atoms with Gasteiger partial charge < -0.3 is 50.5 Å². The van der Waals surface area contributed by atoms with E-state index in [-0.39, 0.29) is 12.8 Å². The molecule has 9 atom stereocenters. The van der Waals surface area contributed by atoms with Gasteiger partial charge in [0.05, 0.1) is 25.4 Å². The van der Waals surface area contributed by atoms with E-state index >= 15 is 0 Å². The third-order valence-electron chi connectivity index (χ3n) is 15.7. The maximum Gasteiger partial charge on any atom is 0.249 e. The van der Waals surface area contributed by atoms with Crippen LogP contribution in [0.1, 0.15) is 303 Å². The average Bonchev–Trinajstić information content (AvgIpc) is 3.42. The van der Waals surface area contributed by atoms with Gasteiger partial charge in [-0.15, -0.1) is 0 Å². The Morgan fingerprint density at radius 2 is 0.855 bits per heavy atom. The predicted molar refractivity (Wildman–Crippen MR) is 316 cm³/mol. The smallest absolute Gasteiger partial charge is 0.249 e. The van der Waals surface area contributed by atoms with Crippen LogP contribution in [0.5, 0.6) is 0 Å². The first kappa shape index (κ1) is 72.3. The summed E-state index contributed by atoms with van der Waals surface area (Å²) >= 11 is 0. The molecule has 76 heavy (non-hydrogen) atoms. The van der Waals surface area contributed by atoms with E-state index in [1.54, 1.807) is 0 Å². The molecule has 9 unspecified atom stereocenters. The van der Waals surface area contributed by atoms with Crippen LogP contribution >= 0.6 is 0 Å². The molecule has 0 aliphatic carbocycles. The van der Waals surface area contributed by atoms with E-state index in [0.29, 0.717) is 12.8 Å². The van der Waals surface area contributed by atoms with E-state index in [9.17, 15) is 40.5 Å². The quantitative estimate of drug-likeness (QED) is 0.0215. The molecule has 11 heteroatoms. The van der Waals surface area contributed by atoms with E-state index in [1.807, 2.05) is 0 Å². The van der Waals surface area contributed by atoms with E-state index in [1.165, 1.54) is 212 Å². The normalized spacial score (nSPS) is 19.8. The molecule has 1 heterocycles. The Bertz CT molecular complexity index is 1330. The van der Waals surface area contributed by atoms with Crippen molar-refractivity contribution >= 4 is 5.91 Å². The molecule has 0 aromatic rings. The molecule has 8 N–H and O–H groups in total. The number of ether oxygens (including phenoxy) is 2. The van der Waals surface area contributed by atoms with Crippen LogP contribution in [0.4, 0.5) is 0 Å². The minimum absolute atomic E-state index is 0.253. The predicted octanol–water partition coefficient (Wildman–Crippen LogP) is 14.6. The van der Waals surface area contributed by atoms with Gasteiger partial charge in [-0.05, 0) is 64.2 Å². The molecule has 11 nitrogen and oxygen atoms in total. The summed E-state index contributed by atoms with van der Waals surface area (Å²) in [7, 11) is 0. The van der Waals surface area contributed by atoms with Crippen molar-refractivity contribution in [3.8, 4) is 0 Å². The number of hydrogen-bond donors (Lipinski definition) is 8. The second-order valence-corrected chi connectivity index (χ2v) is 22.8. The van der Waals surface area contributed by atoms with Gasteiger partial charge in [-0.3, -0.25) is 4.79 Å². The third kappa shape index (κ3) is 41.4. The van der Waals surface area contributed by atoms with Crippen LogP contribution in [0, 0.1) is 0 Å². The van der Waals surface area contributed by atoms with Crippen molar-refractivity contribution in [1.82, 2.24) is 5.32 Å². The first-order valence-corrected chi connectivity index (χ1v) is 32.4. The molecular formula is C65H123NO10. The average molecular weight is 1080 g/mol. The van der Waals surface area contributed by atoms with Gasteiger partial charge in [0, 0.05) is 0 Å². The maximum absolute atomic E-state index is 13.2. The molecule has 1 aliphatic heterocycles. The van der Waals surface area contributed by atoms with Gasteiger partial charge in [-0.25, -0.2) is 0 Å². The number of carbonyl (C=O) groups excluding carboxylic acids is 1. The molecule has 0 saturated carbocycles. The number of allylic oxidation sites excluding steroid dienone is 6. The summed E-state index contributed by atoms with van der Waals surface area (Å²) in [4.78, 5) is 13.2. The maximum atomic E-state index is 13.2. The third-order valence-corrected chi connectivity index (χ3v) is 15.7. The van der Waals surface area contributed by atoms with Crippen molar-refractivity contribution in [1.29, 1.82) is 0 Å². The minimum atomic E-state index is -1.67. The van der Waals surface area contributed by atoms with Crippen molar-refractivity contribution in [2.45, 2.75) is 358 Å². The Labute approximate surface area is 467 Å². The van der Waals surface area contributed by atoms with Gasteiger partial charge in [-0.1, -0.05) is 275 Å². The molecule has 0 radical (unpaired) electrons. The van der Waals surface area contributed by atoms with Crippen molar-refractivity contribution in [2.24, 2.45) is 0 Å². The lowest BCUT2D eigenvalue weighted by Gasteiger charge is -2.40. The standard InChI is InChI=1S/C65H123NO10/c1-3-5-7-9-11-13-15-17-19-21-23-25-26-27-28-29-30-31-32-33-35-36-38-40-42-44-46-48-50-52-57(68)60(70)56(55-75-65-63(73)62(72)61(71)59(54-67)76-65)66-64(74)58(69)53-51-49-47-45-43-41-39-37-34-24-22-20-18-16-14-12-10-8-6-4-2/h6,8,12,14,44,46,56-63,65,67-73H,3-5,7,9-11,13,15-43,45,47-55H2,1-2H3,(H,66,74)/b8-6-,14-12-,46-44+. The number of rotatable bonds is 56. The second kappa shape index (κ2) is 53.9. The van der Waals surface area contributed by atoms with Crippen LogP contribution in [0.3, 0.4) is 0 Å². The molecule has 0 bridgehead atoms. The molecule has 1 saturated heterocycles. The van der Waals surface area contributed by atoms with Crippen LogP contribution in [-0.4, -0.2) is 110 Å². The lowest BCUT2D eigenvalue weighted by molar-refractivity contribution is -0.303. The zero-order valence-corrected chi connectivity index (χ0v) is 49.2. The first-order valence-electron chi connectivity index (χ1n) is 32.4. The number of aliphatic hydroxyl groups is 7. The van der Waals surface area contributed by atoms with Gasteiger partial charge in [0.1, 0.15) is 36.6 Å². The second-order valence-electron chi connectivity index (χ2n) is 22.8. The van der Waals surface area contributed by atoms with Crippen LogP contribution < -0.4 is 5.32 Å². The van der Waals surface area contributed by atoms with E-state index in [2.05, 4.69) is 55.6 Å². The number of unbranched alkanes of at least 4 members (excludes halogenated alkanes) is 38. The van der Waals surface area contributed by atoms with Gasteiger partial charge in [0.15, 0.2) is 6.29 Å². The molecule has 0 spiro atoms. The summed E-state index contributed by atoms with van der Waals surface area (Å²) in [6.45, 7) is 3.38. The Morgan fingerprint density at radius 3 is 1.28 bits per heavy atom. The lowest BCUT2D eigenvalue weighted by Crippen LogP contribution is -2.60. The van der Waals surface area contributed by atoms with Gasteiger partial charge >= 0.3 is 0 Å². The van der Waals surface area contributed by atoms with Crippen molar-refractivity contribution in [3.63, 3.8) is 0 Å².